The van der Waals surface area contributed by atoms with E-state index in [-0.39, 0.29) is 18.7 Å². The monoisotopic (exact) mass is 413 g/mol. The predicted molar refractivity (Wildman–Crippen MR) is 113 cm³/mol. The van der Waals surface area contributed by atoms with Crippen LogP contribution in [-0.4, -0.2) is 33.3 Å². The third-order valence-electron chi connectivity index (χ3n) is 4.99. The van der Waals surface area contributed by atoms with Crippen LogP contribution in [0.2, 0.25) is 5.02 Å². The molecule has 1 aromatic carbocycles. The van der Waals surface area contributed by atoms with Crippen molar-refractivity contribution in [1.29, 1.82) is 0 Å². The molecule has 3 heterocycles. The first-order valence-electron chi connectivity index (χ1n) is 9.04. The molecule has 1 fully saturated rings. The minimum absolute atomic E-state index is 0.00573. The number of furan rings is 1. The normalized spacial score (nSPS) is 19.1. The van der Waals surface area contributed by atoms with Gasteiger partial charge in [0.2, 0.25) is 0 Å². The molecule has 4 rings (SSSR count). The second kappa shape index (κ2) is 7.91. The third kappa shape index (κ3) is 3.39. The van der Waals surface area contributed by atoms with Crippen LogP contribution in [0.4, 0.5) is 0 Å². The molecule has 0 radical (unpaired) electrons. The number of thiocarbonyl (C=S) groups is 1. The van der Waals surface area contributed by atoms with Gasteiger partial charge < -0.3 is 19.7 Å². The highest BCUT2D eigenvalue weighted by molar-refractivity contribution is 7.80. The molecule has 5 nitrogen and oxygen atoms in total. The van der Waals surface area contributed by atoms with E-state index in [4.69, 9.17) is 28.2 Å². The van der Waals surface area contributed by atoms with Crippen molar-refractivity contribution >= 4 is 28.9 Å². The van der Waals surface area contributed by atoms with Crippen LogP contribution in [0.15, 0.2) is 59.1 Å². The molecule has 0 amide bonds. The number of nitrogens with one attached hydrogen (secondary N) is 1. The molecule has 2 atom stereocenters. The summed E-state index contributed by atoms with van der Waals surface area (Å²) in [6, 6.07) is 15.1. The molecule has 0 aliphatic carbocycles. The molecule has 2 N–H and O–H groups in total. The van der Waals surface area contributed by atoms with Crippen molar-refractivity contribution in [3.05, 3.63) is 76.8 Å². The summed E-state index contributed by atoms with van der Waals surface area (Å²) in [5.74, 6) is 1.50. The molecule has 28 heavy (non-hydrogen) atoms. The van der Waals surface area contributed by atoms with Crippen LogP contribution in [0.25, 0.3) is 11.3 Å². The summed E-state index contributed by atoms with van der Waals surface area (Å²) in [7, 11) is 0. The Morgan fingerprint density at radius 2 is 2.07 bits per heavy atom. The number of aliphatic hydroxyl groups is 1. The highest BCUT2D eigenvalue weighted by atomic mass is 35.5. The number of aromatic nitrogens is 1. The Balaban J connectivity index is 1.75. The average molecular weight is 414 g/mol. The second-order valence-corrected chi connectivity index (χ2v) is 7.45. The van der Waals surface area contributed by atoms with Gasteiger partial charge in [-0.1, -0.05) is 29.8 Å². The van der Waals surface area contributed by atoms with Gasteiger partial charge in [0.15, 0.2) is 5.11 Å². The van der Waals surface area contributed by atoms with Gasteiger partial charge in [-0.05, 0) is 55.0 Å². The molecule has 144 valence electrons. The van der Waals surface area contributed by atoms with Crippen molar-refractivity contribution in [1.82, 2.24) is 15.2 Å². The minimum Gasteiger partial charge on any atom is -0.459 e. The summed E-state index contributed by atoms with van der Waals surface area (Å²) >= 11 is 11.8. The Bertz CT molecular complexity index is 992. The van der Waals surface area contributed by atoms with Crippen molar-refractivity contribution in [3.63, 3.8) is 0 Å². The zero-order valence-corrected chi connectivity index (χ0v) is 16.9. The summed E-state index contributed by atoms with van der Waals surface area (Å²) in [5, 5.41) is 14.1. The zero-order valence-electron chi connectivity index (χ0n) is 15.3. The van der Waals surface area contributed by atoms with Crippen LogP contribution >= 0.6 is 23.8 Å². The lowest BCUT2D eigenvalue weighted by molar-refractivity contribution is 0.209. The zero-order chi connectivity index (χ0) is 19.7. The van der Waals surface area contributed by atoms with Crippen LogP contribution in [0.3, 0.4) is 0 Å². The second-order valence-electron chi connectivity index (χ2n) is 6.66. The van der Waals surface area contributed by atoms with Crippen molar-refractivity contribution in [3.8, 4) is 11.3 Å². The first kappa shape index (κ1) is 18.9. The van der Waals surface area contributed by atoms with E-state index in [0.29, 0.717) is 16.7 Å². The fourth-order valence-corrected chi connectivity index (χ4v) is 4.10. The van der Waals surface area contributed by atoms with Crippen molar-refractivity contribution in [2.75, 3.05) is 13.2 Å². The molecular weight excluding hydrogens is 394 g/mol. The topological polar surface area (TPSA) is 61.5 Å². The maximum Gasteiger partial charge on any atom is 0.170 e. The van der Waals surface area contributed by atoms with Crippen LogP contribution < -0.4 is 5.32 Å². The number of β-amino-alcohol motifs (C(OH)–C–C–N with tert-alkyl or cyclic N) is 1. The largest absolute Gasteiger partial charge is 0.459 e. The van der Waals surface area contributed by atoms with Crippen LogP contribution in [0.5, 0.6) is 0 Å². The van der Waals surface area contributed by atoms with Gasteiger partial charge in [0.05, 0.1) is 18.3 Å². The van der Waals surface area contributed by atoms with E-state index >= 15 is 0 Å². The van der Waals surface area contributed by atoms with Gasteiger partial charge >= 0.3 is 0 Å². The fourth-order valence-electron chi connectivity index (χ4n) is 3.59. The Labute approximate surface area is 174 Å². The van der Waals surface area contributed by atoms with Crippen molar-refractivity contribution in [2.45, 2.75) is 19.0 Å². The molecule has 1 aliphatic heterocycles. The number of halogens is 1. The summed E-state index contributed by atoms with van der Waals surface area (Å²) in [6.07, 6.45) is 1.76. The van der Waals surface area contributed by atoms with E-state index in [1.165, 1.54) is 0 Å². The van der Waals surface area contributed by atoms with Gasteiger partial charge in [0.25, 0.3) is 0 Å². The van der Waals surface area contributed by atoms with Crippen molar-refractivity contribution in [2.24, 2.45) is 0 Å². The molecule has 7 heteroatoms. The van der Waals surface area contributed by atoms with E-state index < -0.39 is 0 Å². The Morgan fingerprint density at radius 1 is 1.21 bits per heavy atom. The molecule has 1 aliphatic rings. The maximum atomic E-state index is 9.53. The van der Waals surface area contributed by atoms with Crippen LogP contribution in [0, 0.1) is 6.92 Å². The van der Waals surface area contributed by atoms with E-state index in [0.717, 1.165) is 28.3 Å². The van der Waals surface area contributed by atoms with Gasteiger partial charge in [-0.25, -0.2) is 0 Å². The highest BCUT2D eigenvalue weighted by Gasteiger charge is 2.41. The van der Waals surface area contributed by atoms with Gasteiger partial charge in [-0.3, -0.25) is 4.98 Å². The Hall–Kier alpha value is -2.41. The summed E-state index contributed by atoms with van der Waals surface area (Å²) in [5.41, 5.74) is 2.79. The van der Waals surface area contributed by atoms with E-state index in [1.54, 1.807) is 6.20 Å². The number of hydrogen-bond acceptors (Lipinski definition) is 4. The summed E-state index contributed by atoms with van der Waals surface area (Å²) < 4.78 is 6.26. The first-order chi connectivity index (χ1) is 13.6. The Kier molecular flexibility index (Phi) is 5.35. The highest BCUT2D eigenvalue weighted by Crippen LogP contribution is 2.40. The SMILES string of the molecule is Cc1c(Cl)cccc1-c1ccc(C2C(c3ccccn3)NC(=S)N2CCO)o1. The number of benzene rings is 1. The average Bonchev–Trinajstić information content (AvgIpc) is 3.30. The molecule has 2 aromatic heterocycles. The van der Waals surface area contributed by atoms with Gasteiger partial charge in [0.1, 0.15) is 17.6 Å². The van der Waals surface area contributed by atoms with Gasteiger partial charge in [0, 0.05) is 23.3 Å². The molecular formula is C21H20ClN3O2S. The molecule has 0 bridgehead atoms. The molecule has 2 unspecified atom stereocenters. The number of aliphatic hydroxyl groups excluding tert-OH is 1. The molecule has 0 saturated carbocycles. The van der Waals surface area contributed by atoms with Crippen LogP contribution in [0.1, 0.15) is 29.1 Å². The molecule has 3 aromatic rings. The maximum absolute atomic E-state index is 9.53. The minimum atomic E-state index is -0.206. The lowest BCUT2D eigenvalue weighted by Crippen LogP contribution is -2.32. The number of hydrogen-bond donors (Lipinski definition) is 2. The molecule has 1 saturated heterocycles. The van der Waals surface area contributed by atoms with E-state index in [9.17, 15) is 5.11 Å². The smallest absolute Gasteiger partial charge is 0.170 e. The standard InChI is InChI=1S/C21H20ClN3O2S/c1-13-14(5-4-6-15(13)22)17-8-9-18(27-17)20-19(16-7-2-3-10-23-16)24-21(28)25(20)11-12-26/h2-10,19-20,26H,11-12H2,1H3,(H,24,28). The summed E-state index contributed by atoms with van der Waals surface area (Å²) in [4.78, 5) is 6.43. The lowest BCUT2D eigenvalue weighted by Gasteiger charge is -2.25. The third-order valence-corrected chi connectivity index (χ3v) is 5.75. The fraction of sp³-hybridized carbons (Fsp3) is 0.238. The quantitative estimate of drug-likeness (QED) is 0.609. The number of nitrogens with zero attached hydrogens (tertiary/aromatic N) is 2. The number of rotatable bonds is 5. The van der Waals surface area contributed by atoms with Gasteiger partial charge in [-0.2, -0.15) is 0 Å². The van der Waals surface area contributed by atoms with E-state index in [1.807, 2.05) is 60.4 Å². The van der Waals surface area contributed by atoms with Gasteiger partial charge in [-0.15, -0.1) is 0 Å². The van der Waals surface area contributed by atoms with Crippen LogP contribution in [-0.2, 0) is 0 Å². The summed E-state index contributed by atoms with van der Waals surface area (Å²) in [6.45, 7) is 2.38. The van der Waals surface area contributed by atoms with E-state index in [2.05, 4.69) is 10.3 Å². The van der Waals surface area contributed by atoms with Crippen molar-refractivity contribution < 1.29 is 9.52 Å². The number of pyridine rings is 1. The molecule has 0 spiro atoms. The lowest BCUT2D eigenvalue weighted by atomic mass is 10.0. The first-order valence-corrected chi connectivity index (χ1v) is 9.83. The Morgan fingerprint density at radius 3 is 2.82 bits per heavy atom. The predicted octanol–water partition coefficient (Wildman–Crippen LogP) is 4.27.